The molecule has 0 aliphatic heterocycles. The van der Waals surface area contributed by atoms with E-state index in [1.54, 1.807) is 6.07 Å². The lowest BCUT2D eigenvalue weighted by atomic mass is 9.99. The van der Waals surface area contributed by atoms with Gasteiger partial charge >= 0.3 is 0 Å². The fourth-order valence-electron chi connectivity index (χ4n) is 2.48. The molecule has 0 unspecified atom stereocenters. The van der Waals surface area contributed by atoms with Crippen molar-refractivity contribution in [2.45, 2.75) is 39.5 Å². The van der Waals surface area contributed by atoms with Crippen LogP contribution in [0.4, 0.5) is 0 Å². The SMILES string of the molecule is CCCC1=C(CCC)c2ccc(Cl)cc2C1=O. The summed E-state index contributed by atoms with van der Waals surface area (Å²) >= 11 is 5.97. The molecule has 1 aromatic carbocycles. The van der Waals surface area contributed by atoms with Gasteiger partial charge in [0.15, 0.2) is 5.78 Å². The molecule has 0 saturated heterocycles. The maximum Gasteiger partial charge on any atom is 0.189 e. The minimum absolute atomic E-state index is 0.188. The molecule has 0 aromatic heterocycles. The van der Waals surface area contributed by atoms with E-state index in [0.29, 0.717) is 5.02 Å². The van der Waals surface area contributed by atoms with Gasteiger partial charge in [-0.05, 0) is 36.1 Å². The molecule has 0 amide bonds. The highest BCUT2D eigenvalue weighted by Gasteiger charge is 2.28. The monoisotopic (exact) mass is 248 g/mol. The molecular weight excluding hydrogens is 232 g/mol. The molecular formula is C15H17ClO. The van der Waals surface area contributed by atoms with E-state index in [1.807, 2.05) is 12.1 Å². The maximum absolute atomic E-state index is 12.3. The number of hydrogen-bond acceptors (Lipinski definition) is 1. The van der Waals surface area contributed by atoms with Crippen molar-refractivity contribution >= 4 is 23.0 Å². The van der Waals surface area contributed by atoms with Crippen molar-refractivity contribution in [1.29, 1.82) is 0 Å². The standard InChI is InChI=1S/C15H17ClO/c1-3-5-11-12-8-7-10(16)9-14(12)15(17)13(11)6-4-2/h7-9H,3-6H2,1-2H3. The van der Waals surface area contributed by atoms with Gasteiger partial charge < -0.3 is 0 Å². The Labute approximate surface area is 107 Å². The largest absolute Gasteiger partial charge is 0.289 e. The lowest BCUT2D eigenvalue weighted by Crippen LogP contribution is -1.98. The van der Waals surface area contributed by atoms with Crippen LogP contribution >= 0.6 is 11.6 Å². The zero-order chi connectivity index (χ0) is 12.4. The molecule has 1 aliphatic rings. The molecule has 0 atom stereocenters. The Kier molecular flexibility index (Phi) is 3.68. The van der Waals surface area contributed by atoms with Crippen molar-refractivity contribution in [3.05, 3.63) is 39.9 Å². The van der Waals surface area contributed by atoms with E-state index in [0.717, 1.165) is 42.4 Å². The number of hydrogen-bond donors (Lipinski definition) is 0. The second-order valence-corrected chi connectivity index (χ2v) is 4.91. The number of carbonyl (C=O) groups is 1. The van der Waals surface area contributed by atoms with Crippen LogP contribution in [0.5, 0.6) is 0 Å². The van der Waals surface area contributed by atoms with Crippen LogP contribution in [0.2, 0.25) is 5.02 Å². The number of allylic oxidation sites excluding steroid dienone is 2. The van der Waals surface area contributed by atoms with Gasteiger partial charge in [0.1, 0.15) is 0 Å². The van der Waals surface area contributed by atoms with Gasteiger partial charge in [-0.25, -0.2) is 0 Å². The third-order valence-electron chi connectivity index (χ3n) is 3.19. The Morgan fingerprint density at radius 2 is 1.65 bits per heavy atom. The van der Waals surface area contributed by atoms with Gasteiger partial charge in [-0.2, -0.15) is 0 Å². The van der Waals surface area contributed by atoms with Crippen LogP contribution in [0.3, 0.4) is 0 Å². The van der Waals surface area contributed by atoms with Gasteiger partial charge in [0.25, 0.3) is 0 Å². The number of halogens is 1. The first kappa shape index (κ1) is 12.4. The topological polar surface area (TPSA) is 17.1 Å². The molecule has 90 valence electrons. The Hall–Kier alpha value is -1.08. The summed E-state index contributed by atoms with van der Waals surface area (Å²) in [5, 5.41) is 0.644. The Bertz CT molecular complexity index is 486. The second-order valence-electron chi connectivity index (χ2n) is 4.48. The zero-order valence-corrected chi connectivity index (χ0v) is 11.1. The molecule has 2 rings (SSSR count). The molecule has 0 saturated carbocycles. The highest BCUT2D eigenvalue weighted by atomic mass is 35.5. The maximum atomic E-state index is 12.3. The highest BCUT2D eigenvalue weighted by molar-refractivity contribution is 6.32. The minimum Gasteiger partial charge on any atom is -0.289 e. The summed E-state index contributed by atoms with van der Waals surface area (Å²) in [6.07, 6.45) is 3.93. The normalized spacial score (nSPS) is 14.4. The quantitative estimate of drug-likeness (QED) is 0.741. The van der Waals surface area contributed by atoms with Gasteiger partial charge in [-0.1, -0.05) is 44.4 Å². The molecule has 2 heteroatoms. The minimum atomic E-state index is 0.188. The number of rotatable bonds is 4. The van der Waals surface area contributed by atoms with E-state index in [-0.39, 0.29) is 5.78 Å². The van der Waals surface area contributed by atoms with Gasteiger partial charge in [0, 0.05) is 16.2 Å². The summed E-state index contributed by atoms with van der Waals surface area (Å²) in [4.78, 5) is 12.3. The number of carbonyl (C=O) groups excluding carboxylic acids is 1. The number of fused-ring (bicyclic) bond motifs is 1. The first-order valence-electron chi connectivity index (χ1n) is 6.25. The van der Waals surface area contributed by atoms with Crippen LogP contribution in [-0.4, -0.2) is 5.78 Å². The second kappa shape index (κ2) is 5.05. The van der Waals surface area contributed by atoms with Gasteiger partial charge in [0.2, 0.25) is 0 Å². The first-order valence-corrected chi connectivity index (χ1v) is 6.63. The van der Waals surface area contributed by atoms with E-state index < -0.39 is 0 Å². The van der Waals surface area contributed by atoms with Crippen LogP contribution in [0.25, 0.3) is 5.57 Å². The molecule has 0 heterocycles. The predicted molar refractivity (Wildman–Crippen MR) is 72.5 cm³/mol. The van der Waals surface area contributed by atoms with Crippen molar-refractivity contribution in [2.75, 3.05) is 0 Å². The van der Waals surface area contributed by atoms with Crippen LogP contribution in [0.1, 0.15) is 55.5 Å². The summed E-state index contributed by atoms with van der Waals surface area (Å²) in [6, 6.07) is 5.67. The van der Waals surface area contributed by atoms with Crippen LogP contribution in [0.15, 0.2) is 23.8 Å². The molecule has 0 spiro atoms. The lowest BCUT2D eigenvalue weighted by molar-refractivity contribution is 0.103. The summed E-state index contributed by atoms with van der Waals surface area (Å²) < 4.78 is 0. The molecule has 0 bridgehead atoms. The molecule has 1 aromatic rings. The van der Waals surface area contributed by atoms with Crippen molar-refractivity contribution in [3.8, 4) is 0 Å². The molecule has 1 aliphatic carbocycles. The van der Waals surface area contributed by atoms with E-state index in [4.69, 9.17) is 11.6 Å². The van der Waals surface area contributed by atoms with Crippen molar-refractivity contribution in [3.63, 3.8) is 0 Å². The predicted octanol–water partition coefficient (Wildman–Crippen LogP) is 4.89. The average molecular weight is 249 g/mol. The summed E-state index contributed by atoms with van der Waals surface area (Å²) in [5.41, 5.74) is 4.15. The molecule has 17 heavy (non-hydrogen) atoms. The number of Topliss-reactive ketones (excluding diaryl/α,β-unsaturated/α-hetero) is 1. The van der Waals surface area contributed by atoms with Crippen molar-refractivity contribution < 1.29 is 4.79 Å². The van der Waals surface area contributed by atoms with E-state index in [2.05, 4.69) is 13.8 Å². The average Bonchev–Trinajstić information content (AvgIpc) is 2.56. The van der Waals surface area contributed by atoms with Gasteiger partial charge in [-0.15, -0.1) is 0 Å². The summed E-state index contributed by atoms with van der Waals surface area (Å²) in [6.45, 7) is 4.26. The summed E-state index contributed by atoms with van der Waals surface area (Å²) in [5.74, 6) is 0.188. The van der Waals surface area contributed by atoms with Crippen molar-refractivity contribution in [1.82, 2.24) is 0 Å². The molecule has 0 N–H and O–H groups in total. The van der Waals surface area contributed by atoms with Gasteiger partial charge in [0.05, 0.1) is 0 Å². The van der Waals surface area contributed by atoms with Crippen LogP contribution in [-0.2, 0) is 0 Å². The van der Waals surface area contributed by atoms with E-state index in [1.165, 1.54) is 5.57 Å². The van der Waals surface area contributed by atoms with Gasteiger partial charge in [-0.3, -0.25) is 4.79 Å². The fourth-order valence-corrected chi connectivity index (χ4v) is 2.65. The first-order chi connectivity index (χ1) is 8.19. The molecule has 0 fully saturated rings. The summed E-state index contributed by atoms with van der Waals surface area (Å²) in [7, 11) is 0. The van der Waals surface area contributed by atoms with Crippen molar-refractivity contribution in [2.24, 2.45) is 0 Å². The Morgan fingerprint density at radius 1 is 1.00 bits per heavy atom. The third kappa shape index (κ3) is 2.16. The molecule has 0 radical (unpaired) electrons. The Morgan fingerprint density at radius 3 is 2.29 bits per heavy atom. The van der Waals surface area contributed by atoms with Crippen LogP contribution < -0.4 is 0 Å². The smallest absolute Gasteiger partial charge is 0.189 e. The highest BCUT2D eigenvalue weighted by Crippen LogP contribution is 2.38. The number of benzene rings is 1. The number of ketones is 1. The van der Waals surface area contributed by atoms with E-state index in [9.17, 15) is 4.79 Å². The fraction of sp³-hybridized carbons (Fsp3) is 0.400. The van der Waals surface area contributed by atoms with Crippen LogP contribution in [0, 0.1) is 0 Å². The molecule has 1 nitrogen and oxygen atoms in total. The third-order valence-corrected chi connectivity index (χ3v) is 3.42. The lowest BCUT2D eigenvalue weighted by Gasteiger charge is -2.05. The zero-order valence-electron chi connectivity index (χ0n) is 10.3. The van der Waals surface area contributed by atoms with E-state index >= 15 is 0 Å². The Balaban J connectivity index is 2.51.